The summed E-state index contributed by atoms with van der Waals surface area (Å²) in [6, 6.07) is 5.05. The van der Waals surface area contributed by atoms with Gasteiger partial charge in [0.05, 0.1) is 12.2 Å². The maximum atomic E-state index is 10.8. The third-order valence-corrected chi connectivity index (χ3v) is 5.15. The molecule has 0 aromatic heterocycles. The highest BCUT2D eigenvalue weighted by molar-refractivity contribution is 5.68. The number of fused-ring (bicyclic) bond motifs is 2. The monoisotopic (exact) mass is 392 g/mol. The second-order valence-corrected chi connectivity index (χ2v) is 7.33. The fourth-order valence-corrected chi connectivity index (χ4v) is 3.72. The van der Waals surface area contributed by atoms with E-state index in [0.717, 1.165) is 19.3 Å². The predicted octanol–water partition coefficient (Wildman–Crippen LogP) is 2.54. The summed E-state index contributed by atoms with van der Waals surface area (Å²) in [6.45, 7) is 1.64. The van der Waals surface area contributed by atoms with Crippen LogP contribution in [-0.2, 0) is 4.79 Å². The Morgan fingerprint density at radius 1 is 1.36 bits per heavy atom. The van der Waals surface area contributed by atoms with Gasteiger partial charge in [0.1, 0.15) is 12.2 Å². The van der Waals surface area contributed by atoms with Crippen molar-refractivity contribution in [3.8, 4) is 17.2 Å². The average Bonchev–Trinajstić information content (AvgIpc) is 2.97. The van der Waals surface area contributed by atoms with Crippen molar-refractivity contribution in [2.45, 2.75) is 63.4 Å². The standard InChI is InChI=1S/C21H28O7/c1-2-3-4-6-13(22)9-10-14-15(23)11-18-20(14)27-17-8-5-7-16(21(17)28-18)26-12-19(24)25/h5,7-10,13-15,18,20,22-23H,2-4,6,11-12H2,1H3,(H,24,25). The number of aliphatic hydroxyl groups excluding tert-OH is 2. The van der Waals surface area contributed by atoms with Crippen LogP contribution in [0, 0.1) is 5.92 Å². The van der Waals surface area contributed by atoms with Crippen LogP contribution < -0.4 is 14.2 Å². The van der Waals surface area contributed by atoms with Crippen molar-refractivity contribution in [2.75, 3.05) is 6.61 Å². The normalized spacial score (nSPS) is 26.8. The lowest BCUT2D eigenvalue weighted by Crippen LogP contribution is -2.39. The van der Waals surface area contributed by atoms with E-state index in [-0.39, 0.29) is 18.1 Å². The van der Waals surface area contributed by atoms with Gasteiger partial charge in [0.15, 0.2) is 18.1 Å². The van der Waals surface area contributed by atoms with Crippen molar-refractivity contribution >= 4 is 5.97 Å². The van der Waals surface area contributed by atoms with Gasteiger partial charge in [-0.3, -0.25) is 0 Å². The van der Waals surface area contributed by atoms with Crippen LogP contribution in [0.25, 0.3) is 0 Å². The van der Waals surface area contributed by atoms with Crippen LogP contribution >= 0.6 is 0 Å². The first-order chi connectivity index (χ1) is 13.5. The summed E-state index contributed by atoms with van der Waals surface area (Å²) in [7, 11) is 0. The molecule has 0 amide bonds. The molecule has 1 fully saturated rings. The lowest BCUT2D eigenvalue weighted by Gasteiger charge is -2.32. The first kappa shape index (κ1) is 20.5. The van der Waals surface area contributed by atoms with Crippen LogP contribution in [0.5, 0.6) is 17.2 Å². The Bertz CT molecular complexity index is 702. The van der Waals surface area contributed by atoms with E-state index < -0.39 is 24.8 Å². The maximum Gasteiger partial charge on any atom is 0.341 e. The Morgan fingerprint density at radius 2 is 2.18 bits per heavy atom. The molecule has 7 nitrogen and oxygen atoms in total. The minimum atomic E-state index is -1.08. The number of unbranched alkanes of at least 4 members (excludes halogenated alkanes) is 2. The summed E-state index contributed by atoms with van der Waals surface area (Å²) in [6.07, 6.45) is 5.86. The molecule has 0 spiro atoms. The fraction of sp³-hybridized carbons (Fsp3) is 0.571. The van der Waals surface area contributed by atoms with E-state index in [0.29, 0.717) is 30.1 Å². The molecule has 7 heteroatoms. The number of hydrogen-bond donors (Lipinski definition) is 3. The third kappa shape index (κ3) is 4.77. The third-order valence-electron chi connectivity index (χ3n) is 5.15. The Labute approximate surface area is 164 Å². The molecular formula is C21H28O7. The highest BCUT2D eigenvalue weighted by Gasteiger charge is 2.47. The van der Waals surface area contributed by atoms with Gasteiger partial charge in [-0.25, -0.2) is 4.79 Å². The molecule has 5 unspecified atom stereocenters. The van der Waals surface area contributed by atoms with Crippen LogP contribution in [0.3, 0.4) is 0 Å². The largest absolute Gasteiger partial charge is 0.482 e. The second kappa shape index (κ2) is 9.30. The number of benzene rings is 1. The van der Waals surface area contributed by atoms with Gasteiger partial charge < -0.3 is 29.5 Å². The Kier molecular flexibility index (Phi) is 6.80. The Morgan fingerprint density at radius 3 is 2.93 bits per heavy atom. The Balaban J connectivity index is 1.69. The van der Waals surface area contributed by atoms with Gasteiger partial charge in [-0.1, -0.05) is 44.4 Å². The van der Waals surface area contributed by atoms with E-state index in [1.54, 1.807) is 24.3 Å². The van der Waals surface area contributed by atoms with E-state index in [4.69, 9.17) is 19.3 Å². The molecule has 28 heavy (non-hydrogen) atoms. The predicted molar refractivity (Wildman–Crippen MR) is 102 cm³/mol. The SMILES string of the molecule is CCCCCC(O)C=CC1C(O)CC2Oc3c(OCC(=O)O)cccc3OC21. The van der Waals surface area contributed by atoms with Gasteiger partial charge in [0.2, 0.25) is 5.75 Å². The molecule has 1 aliphatic heterocycles. The van der Waals surface area contributed by atoms with Gasteiger partial charge in [-0.2, -0.15) is 0 Å². The zero-order valence-corrected chi connectivity index (χ0v) is 16.0. The van der Waals surface area contributed by atoms with E-state index >= 15 is 0 Å². The zero-order chi connectivity index (χ0) is 20.1. The number of carboxylic acid groups (broad SMARTS) is 1. The fourth-order valence-electron chi connectivity index (χ4n) is 3.72. The van der Waals surface area contributed by atoms with Crippen LogP contribution in [0.4, 0.5) is 0 Å². The molecule has 3 N–H and O–H groups in total. The molecule has 2 aliphatic rings. The number of ether oxygens (including phenoxy) is 3. The lowest BCUT2D eigenvalue weighted by atomic mass is 10.00. The van der Waals surface area contributed by atoms with Crippen LogP contribution in [0.15, 0.2) is 30.4 Å². The molecule has 0 saturated heterocycles. The minimum absolute atomic E-state index is 0.289. The van der Waals surface area contributed by atoms with Crippen LogP contribution in [0.2, 0.25) is 0 Å². The summed E-state index contributed by atoms with van der Waals surface area (Å²) in [5.74, 6) is -0.242. The lowest BCUT2D eigenvalue weighted by molar-refractivity contribution is -0.139. The number of aliphatic hydroxyl groups is 2. The highest BCUT2D eigenvalue weighted by Crippen LogP contribution is 2.46. The van der Waals surface area contributed by atoms with Crippen molar-refractivity contribution in [3.63, 3.8) is 0 Å². The minimum Gasteiger partial charge on any atom is -0.482 e. The quantitative estimate of drug-likeness (QED) is 0.438. The Hall–Kier alpha value is -2.25. The van der Waals surface area contributed by atoms with Gasteiger partial charge in [-0.15, -0.1) is 0 Å². The number of carbonyl (C=O) groups is 1. The molecular weight excluding hydrogens is 364 g/mol. The van der Waals surface area contributed by atoms with Gasteiger partial charge in [0, 0.05) is 12.3 Å². The zero-order valence-electron chi connectivity index (χ0n) is 16.0. The first-order valence-corrected chi connectivity index (χ1v) is 9.85. The molecule has 1 aromatic rings. The van der Waals surface area contributed by atoms with Gasteiger partial charge >= 0.3 is 5.97 Å². The molecule has 5 atom stereocenters. The molecule has 1 aliphatic carbocycles. The summed E-state index contributed by atoms with van der Waals surface area (Å²) in [5, 5.41) is 29.4. The van der Waals surface area contributed by atoms with E-state index in [9.17, 15) is 15.0 Å². The van der Waals surface area contributed by atoms with E-state index in [1.807, 2.05) is 6.08 Å². The van der Waals surface area contributed by atoms with E-state index in [2.05, 4.69) is 6.92 Å². The molecule has 0 bridgehead atoms. The van der Waals surface area contributed by atoms with Crippen molar-refractivity contribution in [2.24, 2.45) is 5.92 Å². The first-order valence-electron chi connectivity index (χ1n) is 9.85. The number of para-hydroxylation sites is 1. The van der Waals surface area contributed by atoms with Crippen molar-refractivity contribution in [1.29, 1.82) is 0 Å². The molecule has 1 saturated carbocycles. The summed E-state index contributed by atoms with van der Waals surface area (Å²) < 4.78 is 17.4. The van der Waals surface area contributed by atoms with Crippen LogP contribution in [-0.4, -0.2) is 52.3 Å². The van der Waals surface area contributed by atoms with Gasteiger partial charge in [-0.05, 0) is 18.6 Å². The van der Waals surface area contributed by atoms with Crippen molar-refractivity contribution in [3.05, 3.63) is 30.4 Å². The van der Waals surface area contributed by atoms with Crippen molar-refractivity contribution in [1.82, 2.24) is 0 Å². The van der Waals surface area contributed by atoms with E-state index in [1.165, 1.54) is 0 Å². The summed E-state index contributed by atoms with van der Waals surface area (Å²) >= 11 is 0. The summed E-state index contributed by atoms with van der Waals surface area (Å²) in [5.41, 5.74) is 0. The summed E-state index contributed by atoms with van der Waals surface area (Å²) in [4.78, 5) is 10.8. The highest BCUT2D eigenvalue weighted by atomic mass is 16.6. The number of carboxylic acids is 1. The molecule has 1 heterocycles. The molecule has 3 rings (SSSR count). The topological polar surface area (TPSA) is 105 Å². The smallest absolute Gasteiger partial charge is 0.341 e. The maximum absolute atomic E-state index is 10.8. The van der Waals surface area contributed by atoms with Gasteiger partial charge in [0.25, 0.3) is 0 Å². The second-order valence-electron chi connectivity index (χ2n) is 7.33. The average molecular weight is 392 g/mol. The number of hydrogen-bond acceptors (Lipinski definition) is 6. The number of aliphatic carboxylic acids is 1. The van der Waals surface area contributed by atoms with Crippen molar-refractivity contribution < 1.29 is 34.3 Å². The van der Waals surface area contributed by atoms with Crippen LogP contribution in [0.1, 0.15) is 39.0 Å². The molecule has 1 aromatic carbocycles. The molecule has 154 valence electrons. The number of rotatable bonds is 9. The molecule has 0 radical (unpaired) electrons.